The molecule has 1 aliphatic rings. The summed E-state index contributed by atoms with van der Waals surface area (Å²) in [5, 5.41) is 19.3. The Morgan fingerprint density at radius 2 is 1.81 bits per heavy atom. The molecule has 1 fully saturated rings. The average molecular weight is 427 g/mol. The van der Waals surface area contributed by atoms with Crippen molar-refractivity contribution in [3.05, 3.63) is 72.3 Å². The third-order valence-corrected chi connectivity index (χ3v) is 5.08. The lowest BCUT2D eigenvalue weighted by Gasteiger charge is -2.20. The Morgan fingerprint density at radius 3 is 2.42 bits per heavy atom. The van der Waals surface area contributed by atoms with Gasteiger partial charge in [-0.1, -0.05) is 30.3 Å². The van der Waals surface area contributed by atoms with Gasteiger partial charge in [-0.25, -0.2) is 9.59 Å². The van der Waals surface area contributed by atoms with E-state index in [9.17, 15) is 9.59 Å². The Balaban J connectivity index is 0.000000366. The van der Waals surface area contributed by atoms with Gasteiger partial charge in [-0.2, -0.15) is 0 Å². The Hall–Kier alpha value is -3.32. The van der Waals surface area contributed by atoms with Crippen LogP contribution in [0.5, 0.6) is 5.75 Å². The van der Waals surface area contributed by atoms with Crippen molar-refractivity contribution in [2.24, 2.45) is 5.92 Å². The molecule has 3 rings (SSSR count). The predicted molar refractivity (Wildman–Crippen MR) is 121 cm³/mol. The van der Waals surface area contributed by atoms with Crippen molar-refractivity contribution < 1.29 is 24.5 Å². The highest BCUT2D eigenvalue weighted by Crippen LogP contribution is 2.24. The molecule has 2 atom stereocenters. The Kier molecular flexibility index (Phi) is 9.58. The van der Waals surface area contributed by atoms with Crippen LogP contribution in [-0.4, -0.2) is 48.9 Å². The molecule has 0 radical (unpaired) electrons. The second-order valence-electron chi connectivity index (χ2n) is 7.35. The number of carboxylic acid groups (broad SMARTS) is 2. The summed E-state index contributed by atoms with van der Waals surface area (Å²) >= 11 is 0. The number of hydrogen-bond donors (Lipinski definition) is 3. The standard InChI is InChI=1S/C20H26N2O.C4H4O4/c1-16(18-7-6-10-20(13-18)23-2)21-14-17-11-12-22(15-17)19-8-4-3-5-9-19;5-3(6)1-2-4(7)8/h3-10,13,16-17,21H,11-12,14-15H2,1-2H3;1-2H,(H,5,6)(H,7,8)/b;2-1+/t16-,17?;/m1./s1. The lowest BCUT2D eigenvalue weighted by molar-refractivity contribution is -0.134. The fourth-order valence-corrected chi connectivity index (χ4v) is 3.39. The van der Waals surface area contributed by atoms with Gasteiger partial charge < -0.3 is 25.2 Å². The van der Waals surface area contributed by atoms with Crippen LogP contribution in [0, 0.1) is 5.92 Å². The number of aliphatic carboxylic acids is 2. The lowest BCUT2D eigenvalue weighted by Crippen LogP contribution is -2.28. The van der Waals surface area contributed by atoms with Crippen molar-refractivity contribution in [1.29, 1.82) is 0 Å². The number of benzene rings is 2. The number of para-hydroxylation sites is 1. The first-order chi connectivity index (χ1) is 14.9. The molecule has 1 aliphatic heterocycles. The van der Waals surface area contributed by atoms with Crippen molar-refractivity contribution in [2.45, 2.75) is 19.4 Å². The van der Waals surface area contributed by atoms with Gasteiger partial charge in [-0.3, -0.25) is 0 Å². The quantitative estimate of drug-likeness (QED) is 0.555. The topological polar surface area (TPSA) is 99.1 Å². The van der Waals surface area contributed by atoms with Gasteiger partial charge in [-0.15, -0.1) is 0 Å². The first-order valence-electron chi connectivity index (χ1n) is 10.2. The van der Waals surface area contributed by atoms with E-state index in [1.807, 2.05) is 6.07 Å². The zero-order chi connectivity index (χ0) is 22.6. The second-order valence-corrected chi connectivity index (χ2v) is 7.35. The van der Waals surface area contributed by atoms with Crippen LogP contribution >= 0.6 is 0 Å². The molecule has 2 aromatic rings. The summed E-state index contributed by atoms with van der Waals surface area (Å²) in [6.07, 6.45) is 2.37. The molecular weight excluding hydrogens is 396 g/mol. The number of rotatable bonds is 8. The van der Waals surface area contributed by atoms with Gasteiger partial charge >= 0.3 is 11.9 Å². The molecule has 0 aromatic heterocycles. The summed E-state index contributed by atoms with van der Waals surface area (Å²) in [7, 11) is 1.72. The molecule has 0 saturated carbocycles. The average Bonchev–Trinajstić information content (AvgIpc) is 3.26. The van der Waals surface area contributed by atoms with Crippen LogP contribution in [0.25, 0.3) is 0 Å². The van der Waals surface area contributed by atoms with E-state index in [1.54, 1.807) is 7.11 Å². The smallest absolute Gasteiger partial charge is 0.328 e. The predicted octanol–water partition coefficient (Wildman–Crippen LogP) is 3.58. The summed E-state index contributed by atoms with van der Waals surface area (Å²) in [5.41, 5.74) is 2.62. The van der Waals surface area contributed by atoms with E-state index >= 15 is 0 Å². The van der Waals surface area contributed by atoms with Gasteiger partial charge in [0.2, 0.25) is 0 Å². The lowest BCUT2D eigenvalue weighted by atomic mass is 10.1. The van der Waals surface area contributed by atoms with Gasteiger partial charge in [0.05, 0.1) is 7.11 Å². The van der Waals surface area contributed by atoms with Crippen LogP contribution in [0.15, 0.2) is 66.7 Å². The van der Waals surface area contributed by atoms with E-state index in [1.165, 1.54) is 17.7 Å². The van der Waals surface area contributed by atoms with Crippen molar-refractivity contribution in [3.63, 3.8) is 0 Å². The van der Waals surface area contributed by atoms with Gasteiger partial charge in [0.1, 0.15) is 5.75 Å². The van der Waals surface area contributed by atoms with Crippen molar-refractivity contribution in [1.82, 2.24) is 5.32 Å². The fourth-order valence-electron chi connectivity index (χ4n) is 3.39. The van der Waals surface area contributed by atoms with Crippen LogP contribution in [0.1, 0.15) is 24.9 Å². The van der Waals surface area contributed by atoms with Crippen LogP contribution in [-0.2, 0) is 9.59 Å². The van der Waals surface area contributed by atoms with E-state index in [0.717, 1.165) is 25.4 Å². The highest BCUT2D eigenvalue weighted by molar-refractivity contribution is 5.89. The number of carbonyl (C=O) groups is 2. The van der Waals surface area contributed by atoms with Crippen molar-refractivity contribution in [3.8, 4) is 5.75 Å². The maximum absolute atomic E-state index is 9.55. The molecule has 7 nitrogen and oxygen atoms in total. The van der Waals surface area contributed by atoms with Crippen molar-refractivity contribution in [2.75, 3.05) is 31.6 Å². The molecular formula is C24H30N2O5. The molecule has 31 heavy (non-hydrogen) atoms. The summed E-state index contributed by atoms with van der Waals surface area (Å²) in [6, 6.07) is 19.4. The van der Waals surface area contributed by atoms with E-state index < -0.39 is 11.9 Å². The molecule has 0 bridgehead atoms. The molecule has 0 amide bonds. The summed E-state index contributed by atoms with van der Waals surface area (Å²) < 4.78 is 5.31. The summed E-state index contributed by atoms with van der Waals surface area (Å²) in [6.45, 7) is 5.58. The molecule has 166 valence electrons. The largest absolute Gasteiger partial charge is 0.497 e. The second kappa shape index (κ2) is 12.4. The zero-order valence-corrected chi connectivity index (χ0v) is 17.9. The van der Waals surface area contributed by atoms with E-state index in [-0.39, 0.29) is 0 Å². The Morgan fingerprint density at radius 1 is 1.13 bits per heavy atom. The number of ether oxygens (including phenoxy) is 1. The van der Waals surface area contributed by atoms with E-state index in [4.69, 9.17) is 14.9 Å². The van der Waals surface area contributed by atoms with Crippen LogP contribution in [0.3, 0.4) is 0 Å². The molecule has 7 heteroatoms. The van der Waals surface area contributed by atoms with Gasteiger partial charge in [0, 0.05) is 43.5 Å². The minimum atomic E-state index is -1.26. The minimum absolute atomic E-state index is 0.343. The fraction of sp³-hybridized carbons (Fsp3) is 0.333. The maximum atomic E-state index is 9.55. The number of hydrogen-bond acceptors (Lipinski definition) is 5. The monoisotopic (exact) mass is 426 g/mol. The Bertz CT molecular complexity index is 853. The zero-order valence-electron chi connectivity index (χ0n) is 17.9. The number of anilines is 1. The molecule has 1 heterocycles. The highest BCUT2D eigenvalue weighted by Gasteiger charge is 2.22. The highest BCUT2D eigenvalue weighted by atomic mass is 16.5. The number of methoxy groups -OCH3 is 1. The molecule has 1 unspecified atom stereocenters. The SMILES string of the molecule is COc1cccc([C@@H](C)NCC2CCN(c3ccccc3)C2)c1.O=C(O)/C=C/C(=O)O. The first-order valence-corrected chi connectivity index (χ1v) is 10.2. The van der Waals surface area contributed by atoms with Crippen LogP contribution in [0.2, 0.25) is 0 Å². The summed E-state index contributed by atoms with van der Waals surface area (Å²) in [4.78, 5) is 21.6. The third-order valence-electron chi connectivity index (χ3n) is 5.08. The van der Waals surface area contributed by atoms with Gasteiger partial charge in [-0.05, 0) is 49.1 Å². The third kappa shape index (κ3) is 8.52. The molecule has 0 spiro atoms. The number of nitrogens with zero attached hydrogens (tertiary/aromatic N) is 1. The van der Waals surface area contributed by atoms with E-state index in [2.05, 4.69) is 65.7 Å². The number of carboxylic acids is 2. The number of nitrogens with one attached hydrogen (secondary N) is 1. The first kappa shape index (κ1) is 24.0. The van der Waals surface area contributed by atoms with Crippen LogP contribution < -0.4 is 15.0 Å². The maximum Gasteiger partial charge on any atom is 0.328 e. The molecule has 3 N–H and O–H groups in total. The summed E-state index contributed by atoms with van der Waals surface area (Å²) in [5.74, 6) is -0.879. The van der Waals surface area contributed by atoms with Gasteiger partial charge in [0.15, 0.2) is 0 Å². The van der Waals surface area contributed by atoms with Crippen molar-refractivity contribution >= 4 is 17.6 Å². The normalized spacial score (nSPS) is 16.5. The molecule has 1 saturated heterocycles. The minimum Gasteiger partial charge on any atom is -0.497 e. The van der Waals surface area contributed by atoms with Gasteiger partial charge in [0.25, 0.3) is 0 Å². The molecule has 2 aromatic carbocycles. The molecule has 0 aliphatic carbocycles. The Labute approximate surface area is 183 Å². The van der Waals surface area contributed by atoms with E-state index in [0.29, 0.717) is 24.1 Å². The van der Waals surface area contributed by atoms with Crippen LogP contribution in [0.4, 0.5) is 5.69 Å².